The summed E-state index contributed by atoms with van der Waals surface area (Å²) in [6.45, 7) is 6.26. The Balaban J connectivity index is 2.74. The van der Waals surface area contributed by atoms with Gasteiger partial charge in [0, 0.05) is 23.7 Å². The van der Waals surface area contributed by atoms with Gasteiger partial charge in [0.05, 0.1) is 5.60 Å². The van der Waals surface area contributed by atoms with Crippen LogP contribution >= 0.6 is 15.9 Å². The van der Waals surface area contributed by atoms with Gasteiger partial charge in [0.2, 0.25) is 0 Å². The number of halogens is 1. The first-order chi connectivity index (χ1) is 7.85. The minimum absolute atomic E-state index is 0.0751. The van der Waals surface area contributed by atoms with E-state index in [9.17, 15) is 4.79 Å². The molecule has 0 heterocycles. The second kappa shape index (κ2) is 5.65. The summed E-state index contributed by atoms with van der Waals surface area (Å²) in [5, 5.41) is 2.87. The molecule has 17 heavy (non-hydrogen) atoms. The molecule has 1 rings (SSSR count). The molecule has 0 aliphatic rings. The molecule has 0 aliphatic carbocycles. The van der Waals surface area contributed by atoms with Crippen LogP contribution in [0.1, 0.15) is 29.8 Å². The molecule has 1 aromatic carbocycles. The van der Waals surface area contributed by atoms with Crippen LogP contribution in [0.15, 0.2) is 22.7 Å². The number of carbonyl (C=O) groups excluding carboxylic acids is 1. The highest BCUT2D eigenvalue weighted by atomic mass is 79.9. The highest BCUT2D eigenvalue weighted by molar-refractivity contribution is 9.10. The molecule has 0 bridgehead atoms. The van der Waals surface area contributed by atoms with Gasteiger partial charge < -0.3 is 10.1 Å². The lowest BCUT2D eigenvalue weighted by molar-refractivity contribution is 0.0228. The monoisotopic (exact) mass is 299 g/mol. The second-order valence-corrected chi connectivity index (χ2v) is 5.52. The fourth-order valence-electron chi connectivity index (χ4n) is 1.30. The normalized spacial score (nSPS) is 11.4. The largest absolute Gasteiger partial charge is 0.377 e. The van der Waals surface area contributed by atoms with Crippen molar-refractivity contribution in [2.24, 2.45) is 0 Å². The lowest BCUT2D eigenvalue weighted by Crippen LogP contribution is -2.39. The molecule has 0 saturated heterocycles. The number of rotatable bonds is 4. The van der Waals surface area contributed by atoms with Gasteiger partial charge in [-0.2, -0.15) is 0 Å². The van der Waals surface area contributed by atoms with E-state index in [0.29, 0.717) is 12.1 Å². The lowest BCUT2D eigenvalue weighted by atomic mass is 10.1. The Morgan fingerprint density at radius 2 is 2.12 bits per heavy atom. The molecule has 0 unspecified atom stereocenters. The molecule has 0 spiro atoms. The van der Waals surface area contributed by atoms with Crippen molar-refractivity contribution in [2.45, 2.75) is 26.4 Å². The van der Waals surface area contributed by atoms with E-state index in [1.165, 1.54) is 0 Å². The van der Waals surface area contributed by atoms with E-state index in [-0.39, 0.29) is 11.5 Å². The quantitative estimate of drug-likeness (QED) is 0.928. The zero-order valence-corrected chi connectivity index (χ0v) is 12.2. The third kappa shape index (κ3) is 4.13. The van der Waals surface area contributed by atoms with E-state index in [2.05, 4.69) is 21.2 Å². The summed E-state index contributed by atoms with van der Waals surface area (Å²) in [5.74, 6) is -0.0751. The second-order valence-electron chi connectivity index (χ2n) is 4.61. The molecule has 3 nitrogen and oxygen atoms in total. The molecular weight excluding hydrogens is 282 g/mol. The van der Waals surface area contributed by atoms with Gasteiger partial charge in [-0.25, -0.2) is 0 Å². The van der Waals surface area contributed by atoms with Crippen LogP contribution in [0.4, 0.5) is 0 Å². The summed E-state index contributed by atoms with van der Waals surface area (Å²) < 4.78 is 6.16. The predicted molar refractivity (Wildman–Crippen MR) is 72.3 cm³/mol. The van der Waals surface area contributed by atoms with E-state index in [0.717, 1.165) is 10.0 Å². The first kappa shape index (κ1) is 14.2. The van der Waals surface area contributed by atoms with Crippen LogP contribution in [0.3, 0.4) is 0 Å². The van der Waals surface area contributed by atoms with Crippen molar-refractivity contribution in [3.63, 3.8) is 0 Å². The number of hydrogen-bond donors (Lipinski definition) is 1. The smallest absolute Gasteiger partial charge is 0.251 e. The molecule has 94 valence electrons. The molecule has 0 saturated carbocycles. The van der Waals surface area contributed by atoms with E-state index in [1.54, 1.807) is 7.11 Å². The number of methoxy groups -OCH3 is 1. The van der Waals surface area contributed by atoms with Crippen molar-refractivity contribution < 1.29 is 9.53 Å². The van der Waals surface area contributed by atoms with Crippen molar-refractivity contribution in [3.05, 3.63) is 33.8 Å². The van der Waals surface area contributed by atoms with Crippen LogP contribution in [-0.4, -0.2) is 25.2 Å². The number of nitrogens with one attached hydrogen (secondary N) is 1. The van der Waals surface area contributed by atoms with Crippen molar-refractivity contribution in [1.82, 2.24) is 5.32 Å². The van der Waals surface area contributed by atoms with Gasteiger partial charge in [-0.1, -0.05) is 22.0 Å². The molecule has 0 aromatic heterocycles. The van der Waals surface area contributed by atoms with Crippen molar-refractivity contribution in [3.8, 4) is 0 Å². The highest BCUT2D eigenvalue weighted by Gasteiger charge is 2.18. The number of aryl methyl sites for hydroxylation is 1. The van der Waals surface area contributed by atoms with Gasteiger partial charge in [-0.15, -0.1) is 0 Å². The van der Waals surface area contributed by atoms with Crippen molar-refractivity contribution >= 4 is 21.8 Å². The summed E-state index contributed by atoms with van der Waals surface area (Å²) in [6, 6.07) is 5.66. The summed E-state index contributed by atoms with van der Waals surface area (Å²) in [6.07, 6.45) is 0. The Labute approximate surface area is 111 Å². The maximum absolute atomic E-state index is 12.0. The fourth-order valence-corrected chi connectivity index (χ4v) is 1.66. The molecule has 0 aliphatic heterocycles. The Morgan fingerprint density at radius 3 is 2.71 bits per heavy atom. The zero-order valence-electron chi connectivity index (χ0n) is 10.6. The molecule has 4 heteroatoms. The Bertz CT molecular complexity index is 416. The van der Waals surface area contributed by atoms with Crippen LogP contribution in [0.2, 0.25) is 0 Å². The van der Waals surface area contributed by atoms with E-state index in [1.807, 2.05) is 39.0 Å². The summed E-state index contributed by atoms with van der Waals surface area (Å²) in [4.78, 5) is 12.0. The van der Waals surface area contributed by atoms with Gasteiger partial charge in [-0.05, 0) is 38.5 Å². The van der Waals surface area contributed by atoms with Gasteiger partial charge in [0.15, 0.2) is 0 Å². The minimum Gasteiger partial charge on any atom is -0.377 e. The van der Waals surface area contributed by atoms with Gasteiger partial charge in [-0.3, -0.25) is 4.79 Å². The van der Waals surface area contributed by atoms with Crippen LogP contribution in [0.5, 0.6) is 0 Å². The van der Waals surface area contributed by atoms with E-state index in [4.69, 9.17) is 4.74 Å². The standard InChI is InChI=1S/C13H18BrNO2/c1-9-5-6-10(14)7-11(9)12(16)15-8-13(2,3)17-4/h5-7H,8H2,1-4H3,(H,15,16). The van der Waals surface area contributed by atoms with E-state index >= 15 is 0 Å². The summed E-state index contributed by atoms with van der Waals surface area (Å²) in [7, 11) is 1.64. The van der Waals surface area contributed by atoms with Crippen LogP contribution < -0.4 is 5.32 Å². The van der Waals surface area contributed by atoms with Crippen LogP contribution in [-0.2, 0) is 4.74 Å². The van der Waals surface area contributed by atoms with Gasteiger partial charge in [0.1, 0.15) is 0 Å². The SMILES string of the molecule is COC(C)(C)CNC(=O)c1cc(Br)ccc1C. The predicted octanol–water partition coefficient (Wildman–Crippen LogP) is 2.91. The Kier molecular flexibility index (Phi) is 4.71. The lowest BCUT2D eigenvalue weighted by Gasteiger charge is -2.23. The maximum Gasteiger partial charge on any atom is 0.251 e. The van der Waals surface area contributed by atoms with E-state index < -0.39 is 0 Å². The van der Waals surface area contributed by atoms with Crippen LogP contribution in [0.25, 0.3) is 0 Å². The number of carbonyl (C=O) groups is 1. The van der Waals surface area contributed by atoms with Gasteiger partial charge >= 0.3 is 0 Å². The molecular formula is C13H18BrNO2. The molecule has 0 radical (unpaired) electrons. The molecule has 1 amide bonds. The van der Waals surface area contributed by atoms with Crippen molar-refractivity contribution in [2.75, 3.05) is 13.7 Å². The minimum atomic E-state index is -0.352. The van der Waals surface area contributed by atoms with Gasteiger partial charge in [0.25, 0.3) is 5.91 Å². The fraction of sp³-hybridized carbons (Fsp3) is 0.462. The van der Waals surface area contributed by atoms with Crippen LogP contribution in [0, 0.1) is 6.92 Å². The zero-order chi connectivity index (χ0) is 13.1. The number of benzene rings is 1. The Hall–Kier alpha value is -0.870. The summed E-state index contributed by atoms with van der Waals surface area (Å²) in [5.41, 5.74) is 1.29. The third-order valence-corrected chi connectivity index (χ3v) is 3.16. The average Bonchev–Trinajstić information content (AvgIpc) is 2.29. The highest BCUT2D eigenvalue weighted by Crippen LogP contribution is 2.16. The maximum atomic E-state index is 12.0. The average molecular weight is 300 g/mol. The number of amides is 1. The molecule has 1 aromatic rings. The Morgan fingerprint density at radius 1 is 1.47 bits per heavy atom. The molecule has 0 atom stereocenters. The van der Waals surface area contributed by atoms with Crippen molar-refractivity contribution in [1.29, 1.82) is 0 Å². The third-order valence-electron chi connectivity index (χ3n) is 2.67. The number of ether oxygens (including phenoxy) is 1. The summed E-state index contributed by atoms with van der Waals surface area (Å²) >= 11 is 3.36. The number of hydrogen-bond acceptors (Lipinski definition) is 2. The first-order valence-electron chi connectivity index (χ1n) is 5.45. The molecule has 1 N–H and O–H groups in total. The first-order valence-corrected chi connectivity index (χ1v) is 6.24. The molecule has 0 fully saturated rings. The topological polar surface area (TPSA) is 38.3 Å².